The fraction of sp³-hybridized carbons (Fsp3) is 1.00. The molecule has 1 heterocycles. The quantitative estimate of drug-likeness (QED) is 0.694. The number of ether oxygens (including phenoxy) is 1. The van der Waals surface area contributed by atoms with Gasteiger partial charge in [-0.2, -0.15) is 18.7 Å². The zero-order chi connectivity index (χ0) is 9.73. The van der Waals surface area contributed by atoms with Crippen molar-refractivity contribution < 1.29 is 22.7 Å². The van der Waals surface area contributed by atoms with Gasteiger partial charge in [0, 0.05) is 19.3 Å². The van der Waals surface area contributed by atoms with Crippen LogP contribution in [0.1, 0.15) is 12.8 Å². The number of hydrogen-bond acceptors (Lipinski definition) is 3. The normalized spacial score (nSPS) is 20.5. The van der Waals surface area contributed by atoms with Gasteiger partial charge in [0.2, 0.25) is 0 Å². The minimum absolute atomic E-state index is 0.0175. The summed E-state index contributed by atoms with van der Waals surface area (Å²) in [5.41, 5.74) is 2.38. The van der Waals surface area contributed by atoms with E-state index in [1.54, 1.807) is 0 Å². The summed E-state index contributed by atoms with van der Waals surface area (Å²) in [7, 11) is 0. The standard InChI is InChI=1S/C7H12F3NO2/c8-7(9,10)5-13-11-6-1-3-12-4-2-6/h6,11H,1-5H2. The lowest BCUT2D eigenvalue weighted by Crippen LogP contribution is -2.37. The fourth-order valence-electron chi connectivity index (χ4n) is 1.06. The summed E-state index contributed by atoms with van der Waals surface area (Å²) in [5, 5.41) is 0. The monoisotopic (exact) mass is 199 g/mol. The molecule has 0 unspecified atom stereocenters. The summed E-state index contributed by atoms with van der Waals surface area (Å²) in [4.78, 5) is 4.31. The van der Waals surface area contributed by atoms with Gasteiger partial charge in [-0.3, -0.25) is 4.84 Å². The first-order chi connectivity index (χ1) is 6.08. The largest absolute Gasteiger partial charge is 0.413 e. The smallest absolute Gasteiger partial charge is 0.381 e. The first-order valence-electron chi connectivity index (χ1n) is 4.10. The van der Waals surface area contributed by atoms with E-state index in [0.717, 1.165) is 0 Å². The molecule has 1 N–H and O–H groups in total. The number of rotatable bonds is 3. The van der Waals surface area contributed by atoms with Crippen LogP contribution >= 0.6 is 0 Å². The summed E-state index contributed by atoms with van der Waals surface area (Å²) in [6, 6.07) is -0.0175. The van der Waals surface area contributed by atoms with E-state index in [1.165, 1.54) is 0 Å². The second-order valence-electron chi connectivity index (χ2n) is 2.91. The first kappa shape index (κ1) is 10.7. The molecule has 1 aliphatic rings. The molecule has 1 rings (SSSR count). The van der Waals surface area contributed by atoms with E-state index < -0.39 is 12.8 Å². The number of halogens is 3. The van der Waals surface area contributed by atoms with E-state index in [-0.39, 0.29) is 6.04 Å². The zero-order valence-electron chi connectivity index (χ0n) is 7.06. The molecule has 1 fully saturated rings. The van der Waals surface area contributed by atoms with Crippen LogP contribution in [0.5, 0.6) is 0 Å². The average molecular weight is 199 g/mol. The van der Waals surface area contributed by atoms with E-state index in [1.807, 2.05) is 0 Å². The molecule has 0 aliphatic carbocycles. The molecule has 78 valence electrons. The van der Waals surface area contributed by atoms with E-state index in [0.29, 0.717) is 26.1 Å². The van der Waals surface area contributed by atoms with E-state index in [2.05, 4.69) is 10.3 Å². The summed E-state index contributed by atoms with van der Waals surface area (Å²) in [6.45, 7) is -0.0928. The lowest BCUT2D eigenvalue weighted by molar-refractivity contribution is -0.194. The van der Waals surface area contributed by atoms with Crippen LogP contribution in [-0.4, -0.2) is 32.0 Å². The van der Waals surface area contributed by atoms with E-state index in [9.17, 15) is 13.2 Å². The summed E-state index contributed by atoms with van der Waals surface area (Å²) in [6.07, 6.45) is -2.88. The maximum Gasteiger partial charge on any atom is 0.413 e. The molecule has 0 aromatic rings. The number of hydrogen-bond donors (Lipinski definition) is 1. The Balaban J connectivity index is 2.04. The Labute approximate surface area is 74.2 Å². The molecule has 0 atom stereocenters. The molecule has 0 spiro atoms. The molecule has 0 bridgehead atoms. The maximum atomic E-state index is 11.6. The van der Waals surface area contributed by atoms with Crippen molar-refractivity contribution in [1.82, 2.24) is 5.48 Å². The highest BCUT2D eigenvalue weighted by Crippen LogP contribution is 2.14. The van der Waals surface area contributed by atoms with Crippen LogP contribution in [0.3, 0.4) is 0 Å². The van der Waals surface area contributed by atoms with Crippen LogP contribution in [0.4, 0.5) is 13.2 Å². The Morgan fingerprint density at radius 3 is 2.46 bits per heavy atom. The Bertz CT molecular complexity index is 145. The fourth-order valence-corrected chi connectivity index (χ4v) is 1.06. The third kappa shape index (κ3) is 5.07. The predicted octanol–water partition coefficient (Wildman–Crippen LogP) is 1.25. The minimum atomic E-state index is -4.27. The van der Waals surface area contributed by atoms with Crippen molar-refractivity contribution in [2.75, 3.05) is 19.8 Å². The average Bonchev–Trinajstić information content (AvgIpc) is 2.04. The van der Waals surface area contributed by atoms with Crippen molar-refractivity contribution in [3.63, 3.8) is 0 Å². The third-order valence-corrected chi connectivity index (χ3v) is 1.71. The molecule has 0 aromatic heterocycles. The molecule has 0 aromatic carbocycles. The molecule has 0 saturated carbocycles. The van der Waals surface area contributed by atoms with E-state index in [4.69, 9.17) is 4.74 Å². The van der Waals surface area contributed by atoms with Gasteiger partial charge in [-0.05, 0) is 12.8 Å². The highest BCUT2D eigenvalue weighted by molar-refractivity contribution is 4.65. The topological polar surface area (TPSA) is 30.5 Å². The van der Waals surface area contributed by atoms with Gasteiger partial charge in [-0.15, -0.1) is 0 Å². The Kier molecular flexibility index (Phi) is 3.95. The highest BCUT2D eigenvalue weighted by Gasteiger charge is 2.28. The van der Waals surface area contributed by atoms with Crippen LogP contribution in [0.2, 0.25) is 0 Å². The second kappa shape index (κ2) is 4.78. The van der Waals surface area contributed by atoms with Gasteiger partial charge in [0.25, 0.3) is 0 Å². The minimum Gasteiger partial charge on any atom is -0.381 e. The molecule has 1 saturated heterocycles. The summed E-state index contributed by atoms with van der Waals surface area (Å²) < 4.78 is 39.9. The molecule has 0 amide bonds. The van der Waals surface area contributed by atoms with Crippen molar-refractivity contribution in [1.29, 1.82) is 0 Å². The molecular formula is C7H12F3NO2. The van der Waals surface area contributed by atoms with Crippen molar-refractivity contribution in [3.8, 4) is 0 Å². The molecule has 13 heavy (non-hydrogen) atoms. The van der Waals surface area contributed by atoms with Crippen LogP contribution in [0, 0.1) is 0 Å². The molecular weight excluding hydrogens is 187 g/mol. The van der Waals surface area contributed by atoms with Crippen LogP contribution in [0.25, 0.3) is 0 Å². The predicted molar refractivity (Wildman–Crippen MR) is 39.0 cm³/mol. The molecule has 6 heteroatoms. The van der Waals surface area contributed by atoms with Crippen molar-refractivity contribution in [3.05, 3.63) is 0 Å². The van der Waals surface area contributed by atoms with Crippen molar-refractivity contribution in [2.45, 2.75) is 25.1 Å². The van der Waals surface area contributed by atoms with Crippen molar-refractivity contribution in [2.24, 2.45) is 0 Å². The molecule has 3 nitrogen and oxygen atoms in total. The van der Waals surface area contributed by atoms with Gasteiger partial charge in [0.15, 0.2) is 6.61 Å². The highest BCUT2D eigenvalue weighted by atomic mass is 19.4. The van der Waals surface area contributed by atoms with E-state index >= 15 is 0 Å². The van der Waals surface area contributed by atoms with Gasteiger partial charge in [-0.1, -0.05) is 0 Å². The molecule has 0 radical (unpaired) electrons. The lowest BCUT2D eigenvalue weighted by Gasteiger charge is -2.22. The van der Waals surface area contributed by atoms with Gasteiger partial charge in [0.05, 0.1) is 0 Å². The first-order valence-corrected chi connectivity index (χ1v) is 4.10. The van der Waals surface area contributed by atoms with Crippen LogP contribution in [-0.2, 0) is 9.57 Å². The summed E-state index contributed by atoms with van der Waals surface area (Å²) in [5.74, 6) is 0. The Morgan fingerprint density at radius 1 is 1.31 bits per heavy atom. The van der Waals surface area contributed by atoms with Gasteiger partial charge in [0.1, 0.15) is 0 Å². The van der Waals surface area contributed by atoms with Gasteiger partial charge >= 0.3 is 6.18 Å². The molecule has 1 aliphatic heterocycles. The van der Waals surface area contributed by atoms with Crippen LogP contribution < -0.4 is 5.48 Å². The maximum absolute atomic E-state index is 11.6. The van der Waals surface area contributed by atoms with Crippen molar-refractivity contribution >= 4 is 0 Å². The lowest BCUT2D eigenvalue weighted by atomic mass is 10.1. The second-order valence-corrected chi connectivity index (χ2v) is 2.91. The number of nitrogens with one attached hydrogen (secondary N) is 1. The van der Waals surface area contributed by atoms with Crippen LogP contribution in [0.15, 0.2) is 0 Å². The summed E-state index contributed by atoms with van der Waals surface area (Å²) >= 11 is 0. The van der Waals surface area contributed by atoms with Gasteiger partial charge in [-0.25, -0.2) is 0 Å². The third-order valence-electron chi connectivity index (χ3n) is 1.71. The van der Waals surface area contributed by atoms with Gasteiger partial charge < -0.3 is 4.74 Å². The number of alkyl halides is 3. The Hall–Kier alpha value is -0.330. The number of hydroxylamine groups is 1. The Morgan fingerprint density at radius 2 is 1.92 bits per heavy atom. The SMILES string of the molecule is FC(F)(F)CONC1CCOCC1. The zero-order valence-corrected chi connectivity index (χ0v) is 7.06.